The van der Waals surface area contributed by atoms with Gasteiger partial charge in [-0.1, -0.05) is 0 Å². The van der Waals surface area contributed by atoms with Crippen molar-refractivity contribution < 1.29 is 17.9 Å². The number of ether oxygens (including phenoxy) is 1. The summed E-state index contributed by atoms with van der Waals surface area (Å²) in [5, 5.41) is 8.71. The molecule has 1 aliphatic heterocycles. The van der Waals surface area contributed by atoms with Crippen molar-refractivity contribution in [3.05, 3.63) is 29.8 Å². The first-order chi connectivity index (χ1) is 9.91. The molecule has 0 bridgehead atoms. The van der Waals surface area contributed by atoms with Gasteiger partial charge in [-0.2, -0.15) is 5.26 Å². The minimum Gasteiger partial charge on any atom is -0.481 e. The van der Waals surface area contributed by atoms with Crippen molar-refractivity contribution in [1.82, 2.24) is 4.90 Å². The van der Waals surface area contributed by atoms with E-state index in [2.05, 4.69) is 0 Å². The first-order valence-corrected chi connectivity index (χ1v) is 8.39. The van der Waals surface area contributed by atoms with Gasteiger partial charge in [0.2, 0.25) is 0 Å². The van der Waals surface area contributed by atoms with E-state index in [0.717, 1.165) is 0 Å². The third-order valence-corrected chi connectivity index (χ3v) is 4.91. The van der Waals surface area contributed by atoms with Gasteiger partial charge >= 0.3 is 0 Å². The largest absolute Gasteiger partial charge is 0.481 e. The highest BCUT2D eigenvalue weighted by Gasteiger charge is 2.28. The number of hydrogen-bond acceptors (Lipinski definition) is 5. The van der Waals surface area contributed by atoms with Crippen molar-refractivity contribution in [2.45, 2.75) is 13.0 Å². The molecule has 1 heterocycles. The molecule has 0 radical (unpaired) electrons. The fourth-order valence-electron chi connectivity index (χ4n) is 2.05. The van der Waals surface area contributed by atoms with Crippen molar-refractivity contribution in [2.75, 3.05) is 24.6 Å². The minimum absolute atomic E-state index is 0.00231. The van der Waals surface area contributed by atoms with E-state index in [0.29, 0.717) is 11.3 Å². The molecule has 112 valence electrons. The Morgan fingerprint density at radius 2 is 1.86 bits per heavy atom. The maximum Gasteiger partial charge on any atom is 0.263 e. The Morgan fingerprint density at radius 3 is 2.38 bits per heavy atom. The number of benzene rings is 1. The Labute approximate surface area is 123 Å². The first-order valence-electron chi connectivity index (χ1n) is 6.57. The van der Waals surface area contributed by atoms with E-state index in [1.165, 1.54) is 4.90 Å². The third kappa shape index (κ3) is 3.95. The molecule has 0 saturated carbocycles. The van der Waals surface area contributed by atoms with E-state index >= 15 is 0 Å². The SMILES string of the molecule is CC(Oc1ccc(C#N)cc1)C(=O)N1CCS(=O)(=O)CC1. The number of rotatable bonds is 3. The van der Waals surface area contributed by atoms with E-state index in [1.54, 1.807) is 31.2 Å². The summed E-state index contributed by atoms with van der Waals surface area (Å²) in [6.45, 7) is 2.05. The number of carbonyl (C=O) groups excluding carboxylic acids is 1. The average molecular weight is 308 g/mol. The summed E-state index contributed by atoms with van der Waals surface area (Å²) < 4.78 is 28.2. The number of sulfone groups is 1. The van der Waals surface area contributed by atoms with Gasteiger partial charge in [0.15, 0.2) is 15.9 Å². The molecule has 0 N–H and O–H groups in total. The highest BCUT2D eigenvalue weighted by atomic mass is 32.2. The van der Waals surface area contributed by atoms with Crippen molar-refractivity contribution in [1.29, 1.82) is 5.26 Å². The zero-order valence-electron chi connectivity index (χ0n) is 11.7. The maximum atomic E-state index is 12.2. The van der Waals surface area contributed by atoms with Crippen molar-refractivity contribution >= 4 is 15.7 Å². The van der Waals surface area contributed by atoms with Crippen LogP contribution in [-0.4, -0.2) is 49.9 Å². The van der Waals surface area contributed by atoms with Crippen LogP contribution in [0.25, 0.3) is 0 Å². The van der Waals surface area contributed by atoms with Gasteiger partial charge in [-0.05, 0) is 31.2 Å². The molecule has 2 rings (SSSR count). The summed E-state index contributed by atoms with van der Waals surface area (Å²) in [5.74, 6) is 0.277. The fraction of sp³-hybridized carbons (Fsp3) is 0.429. The molecule has 1 amide bonds. The van der Waals surface area contributed by atoms with E-state index in [1.807, 2.05) is 6.07 Å². The zero-order chi connectivity index (χ0) is 15.5. The van der Waals surface area contributed by atoms with Crippen LogP contribution < -0.4 is 4.74 Å². The molecule has 0 spiro atoms. The van der Waals surface area contributed by atoms with Crippen molar-refractivity contribution in [3.63, 3.8) is 0 Å². The third-order valence-electron chi connectivity index (χ3n) is 3.30. The summed E-state index contributed by atoms with van der Waals surface area (Å²) in [6.07, 6.45) is -0.696. The second-order valence-corrected chi connectivity index (χ2v) is 7.18. The van der Waals surface area contributed by atoms with Crippen molar-refractivity contribution in [3.8, 4) is 11.8 Å². The molecule has 1 unspecified atom stereocenters. The lowest BCUT2D eigenvalue weighted by Gasteiger charge is -2.29. The van der Waals surface area contributed by atoms with Gasteiger partial charge < -0.3 is 9.64 Å². The highest BCUT2D eigenvalue weighted by molar-refractivity contribution is 7.91. The van der Waals surface area contributed by atoms with Gasteiger partial charge in [0.25, 0.3) is 5.91 Å². The Bertz CT molecular complexity index is 647. The lowest BCUT2D eigenvalue weighted by atomic mass is 10.2. The van der Waals surface area contributed by atoms with Gasteiger partial charge in [0.1, 0.15) is 5.75 Å². The van der Waals surface area contributed by atoms with Gasteiger partial charge in [0, 0.05) is 13.1 Å². The standard InChI is InChI=1S/C14H16N2O4S/c1-11(20-13-4-2-12(10-15)3-5-13)14(17)16-6-8-21(18,19)9-7-16/h2-5,11H,6-9H2,1H3. The highest BCUT2D eigenvalue weighted by Crippen LogP contribution is 2.15. The molecule has 1 aliphatic rings. The molecule has 6 nitrogen and oxygen atoms in total. The Morgan fingerprint density at radius 1 is 1.29 bits per heavy atom. The molecular formula is C14H16N2O4S. The summed E-state index contributed by atoms with van der Waals surface area (Å²) in [5.41, 5.74) is 0.516. The molecule has 21 heavy (non-hydrogen) atoms. The van der Waals surface area contributed by atoms with Crippen LogP contribution in [0.4, 0.5) is 0 Å². The quantitative estimate of drug-likeness (QED) is 0.815. The summed E-state index contributed by atoms with van der Waals surface area (Å²) in [6, 6.07) is 8.48. The van der Waals surface area contributed by atoms with E-state index in [-0.39, 0.29) is 30.5 Å². The Hall–Kier alpha value is -2.07. The molecule has 1 saturated heterocycles. The maximum absolute atomic E-state index is 12.2. The second kappa shape index (κ2) is 6.14. The number of nitriles is 1. The van der Waals surface area contributed by atoms with Crippen LogP contribution in [0.5, 0.6) is 5.75 Å². The molecular weight excluding hydrogens is 292 g/mol. The van der Waals surface area contributed by atoms with Gasteiger partial charge in [0.05, 0.1) is 23.1 Å². The van der Waals surface area contributed by atoms with Crippen molar-refractivity contribution in [2.24, 2.45) is 0 Å². The summed E-state index contributed by atoms with van der Waals surface area (Å²) >= 11 is 0. The first kappa shape index (κ1) is 15.3. The molecule has 0 aromatic heterocycles. The fourth-order valence-corrected chi connectivity index (χ4v) is 3.25. The van der Waals surface area contributed by atoms with Gasteiger partial charge in [-0.15, -0.1) is 0 Å². The smallest absolute Gasteiger partial charge is 0.263 e. The van der Waals surface area contributed by atoms with Crippen LogP contribution in [0, 0.1) is 11.3 Å². The number of carbonyl (C=O) groups is 1. The lowest BCUT2D eigenvalue weighted by molar-refractivity contribution is -0.137. The molecule has 0 aliphatic carbocycles. The zero-order valence-corrected chi connectivity index (χ0v) is 12.5. The normalized spacial score (nSPS) is 18.6. The van der Waals surface area contributed by atoms with E-state index < -0.39 is 15.9 Å². The van der Waals surface area contributed by atoms with Crippen LogP contribution in [0.1, 0.15) is 12.5 Å². The summed E-state index contributed by atoms with van der Waals surface area (Å²) in [4.78, 5) is 13.7. The second-order valence-electron chi connectivity index (χ2n) is 4.87. The monoisotopic (exact) mass is 308 g/mol. The minimum atomic E-state index is -3.01. The number of amides is 1. The average Bonchev–Trinajstić information content (AvgIpc) is 2.47. The van der Waals surface area contributed by atoms with E-state index in [9.17, 15) is 13.2 Å². The molecule has 7 heteroatoms. The number of nitrogens with zero attached hydrogens (tertiary/aromatic N) is 2. The molecule has 1 atom stereocenters. The molecule has 1 fully saturated rings. The Balaban J connectivity index is 1.95. The predicted molar refractivity (Wildman–Crippen MR) is 76.5 cm³/mol. The Kier molecular flexibility index (Phi) is 4.48. The van der Waals surface area contributed by atoms with Crippen LogP contribution in [0.3, 0.4) is 0 Å². The van der Waals surface area contributed by atoms with E-state index in [4.69, 9.17) is 10.00 Å². The predicted octanol–water partition coefficient (Wildman–Crippen LogP) is 0.583. The van der Waals surface area contributed by atoms with Crippen LogP contribution >= 0.6 is 0 Å². The summed E-state index contributed by atoms with van der Waals surface area (Å²) in [7, 11) is -3.01. The van der Waals surface area contributed by atoms with Crippen LogP contribution in [0.2, 0.25) is 0 Å². The number of hydrogen-bond donors (Lipinski definition) is 0. The van der Waals surface area contributed by atoms with Crippen LogP contribution in [-0.2, 0) is 14.6 Å². The van der Waals surface area contributed by atoms with Gasteiger partial charge in [-0.25, -0.2) is 8.42 Å². The van der Waals surface area contributed by atoms with Crippen LogP contribution in [0.15, 0.2) is 24.3 Å². The van der Waals surface area contributed by atoms with Gasteiger partial charge in [-0.3, -0.25) is 4.79 Å². The molecule has 1 aromatic rings. The molecule has 1 aromatic carbocycles. The lowest BCUT2D eigenvalue weighted by Crippen LogP contribution is -2.48. The topological polar surface area (TPSA) is 87.5 Å².